The van der Waals surface area contributed by atoms with Gasteiger partial charge in [-0.15, -0.1) is 0 Å². The summed E-state index contributed by atoms with van der Waals surface area (Å²) in [5, 5.41) is 2.90. The standard InChI is InChI=1S/C22H27BrN2O2/c1-2-6-17-7-12-21(20(23)15-17)27-16-22(26)24-18-8-10-19(11-9-18)25-13-4-3-5-14-25/h7-12,15H,2-6,13-14,16H2,1H3,(H,24,26). The van der Waals surface area contributed by atoms with Gasteiger partial charge in [0.2, 0.25) is 0 Å². The molecular formula is C22H27BrN2O2. The Morgan fingerprint density at radius 3 is 2.52 bits per heavy atom. The van der Waals surface area contributed by atoms with Crippen LogP contribution in [0, 0.1) is 0 Å². The number of anilines is 2. The Labute approximate surface area is 170 Å². The quantitative estimate of drug-likeness (QED) is 0.638. The molecule has 3 rings (SSSR count). The van der Waals surface area contributed by atoms with Gasteiger partial charge in [0.05, 0.1) is 4.47 Å². The zero-order valence-corrected chi connectivity index (χ0v) is 17.4. The van der Waals surface area contributed by atoms with Crippen molar-refractivity contribution in [2.45, 2.75) is 39.0 Å². The molecule has 0 atom stereocenters. The topological polar surface area (TPSA) is 41.6 Å². The number of halogens is 1. The van der Waals surface area contributed by atoms with E-state index in [0.29, 0.717) is 5.75 Å². The molecule has 2 aromatic carbocycles. The molecule has 2 aromatic rings. The van der Waals surface area contributed by atoms with Crippen molar-refractivity contribution in [3.8, 4) is 5.75 Å². The number of hydrogen-bond acceptors (Lipinski definition) is 3. The number of piperidine rings is 1. The van der Waals surface area contributed by atoms with E-state index in [-0.39, 0.29) is 12.5 Å². The predicted molar refractivity (Wildman–Crippen MR) is 115 cm³/mol. The van der Waals surface area contributed by atoms with Gasteiger partial charge in [0.1, 0.15) is 5.75 Å². The zero-order valence-electron chi connectivity index (χ0n) is 15.8. The van der Waals surface area contributed by atoms with E-state index >= 15 is 0 Å². The van der Waals surface area contributed by atoms with Crippen LogP contribution in [0.5, 0.6) is 5.75 Å². The molecule has 4 nitrogen and oxygen atoms in total. The lowest BCUT2D eigenvalue weighted by Crippen LogP contribution is -2.29. The van der Waals surface area contributed by atoms with Gasteiger partial charge in [-0.1, -0.05) is 19.4 Å². The minimum Gasteiger partial charge on any atom is -0.483 e. The van der Waals surface area contributed by atoms with Crippen molar-refractivity contribution >= 4 is 33.2 Å². The van der Waals surface area contributed by atoms with Crippen molar-refractivity contribution in [2.24, 2.45) is 0 Å². The van der Waals surface area contributed by atoms with Crippen LogP contribution in [0.1, 0.15) is 38.2 Å². The molecule has 27 heavy (non-hydrogen) atoms. The number of ether oxygens (including phenoxy) is 1. The fraction of sp³-hybridized carbons (Fsp3) is 0.409. The number of benzene rings is 2. The van der Waals surface area contributed by atoms with E-state index in [1.54, 1.807) is 0 Å². The summed E-state index contributed by atoms with van der Waals surface area (Å²) in [6.45, 7) is 4.37. The van der Waals surface area contributed by atoms with E-state index in [2.05, 4.69) is 51.3 Å². The highest BCUT2D eigenvalue weighted by molar-refractivity contribution is 9.10. The summed E-state index contributed by atoms with van der Waals surface area (Å²) in [6.07, 6.45) is 5.97. The number of rotatable bonds is 7. The normalized spacial score (nSPS) is 14.1. The first-order valence-corrected chi connectivity index (χ1v) is 10.5. The van der Waals surface area contributed by atoms with Crippen molar-refractivity contribution in [1.29, 1.82) is 0 Å². The molecule has 5 heteroatoms. The summed E-state index contributed by atoms with van der Waals surface area (Å²) < 4.78 is 6.54. The Morgan fingerprint density at radius 2 is 1.85 bits per heavy atom. The number of carbonyl (C=O) groups excluding carboxylic acids is 1. The van der Waals surface area contributed by atoms with Gasteiger partial charge in [-0.25, -0.2) is 0 Å². The van der Waals surface area contributed by atoms with Crippen LogP contribution in [0.2, 0.25) is 0 Å². The van der Waals surface area contributed by atoms with Crippen molar-refractivity contribution in [1.82, 2.24) is 0 Å². The molecule has 0 unspecified atom stereocenters. The molecule has 0 aliphatic carbocycles. The van der Waals surface area contributed by atoms with Crippen LogP contribution < -0.4 is 15.0 Å². The highest BCUT2D eigenvalue weighted by Gasteiger charge is 2.11. The number of nitrogens with zero attached hydrogens (tertiary/aromatic N) is 1. The average Bonchev–Trinajstić information content (AvgIpc) is 2.69. The van der Waals surface area contributed by atoms with E-state index < -0.39 is 0 Å². The summed E-state index contributed by atoms with van der Waals surface area (Å²) in [7, 11) is 0. The highest BCUT2D eigenvalue weighted by Crippen LogP contribution is 2.27. The molecule has 0 spiro atoms. The first-order valence-electron chi connectivity index (χ1n) is 9.72. The van der Waals surface area contributed by atoms with Gasteiger partial charge >= 0.3 is 0 Å². The van der Waals surface area contributed by atoms with E-state index in [4.69, 9.17) is 4.74 Å². The van der Waals surface area contributed by atoms with E-state index in [0.717, 1.165) is 36.1 Å². The van der Waals surface area contributed by atoms with Crippen molar-refractivity contribution in [2.75, 3.05) is 29.9 Å². The molecule has 0 bridgehead atoms. The molecule has 1 amide bonds. The fourth-order valence-electron chi connectivity index (χ4n) is 3.35. The first kappa shape index (κ1) is 19.7. The average molecular weight is 431 g/mol. The molecule has 1 fully saturated rings. The summed E-state index contributed by atoms with van der Waals surface area (Å²) in [5.41, 5.74) is 3.27. The van der Waals surface area contributed by atoms with E-state index in [1.165, 1.54) is 30.5 Å². The third-order valence-corrected chi connectivity index (χ3v) is 5.39. The largest absolute Gasteiger partial charge is 0.483 e. The van der Waals surface area contributed by atoms with Gasteiger partial charge < -0.3 is 15.0 Å². The van der Waals surface area contributed by atoms with E-state index in [9.17, 15) is 4.79 Å². The maximum Gasteiger partial charge on any atom is 0.262 e. The van der Waals surface area contributed by atoms with Crippen LogP contribution in [-0.2, 0) is 11.2 Å². The second-order valence-electron chi connectivity index (χ2n) is 6.95. The molecule has 0 saturated carbocycles. The molecule has 1 aliphatic rings. The highest BCUT2D eigenvalue weighted by atomic mass is 79.9. The minimum atomic E-state index is -0.162. The van der Waals surface area contributed by atoms with Gasteiger partial charge in [0, 0.05) is 24.5 Å². The van der Waals surface area contributed by atoms with Gasteiger partial charge in [-0.3, -0.25) is 4.79 Å². The van der Waals surface area contributed by atoms with Crippen LogP contribution in [0.4, 0.5) is 11.4 Å². The van der Waals surface area contributed by atoms with Crippen molar-refractivity contribution < 1.29 is 9.53 Å². The van der Waals surface area contributed by atoms with Crippen molar-refractivity contribution in [3.63, 3.8) is 0 Å². The second kappa shape index (κ2) is 9.79. The molecule has 0 aromatic heterocycles. The molecule has 1 N–H and O–H groups in total. The Kier molecular flexibility index (Phi) is 7.16. The van der Waals surface area contributed by atoms with Crippen LogP contribution >= 0.6 is 15.9 Å². The third-order valence-electron chi connectivity index (χ3n) is 4.77. The van der Waals surface area contributed by atoms with Gasteiger partial charge in [-0.2, -0.15) is 0 Å². The van der Waals surface area contributed by atoms with Gasteiger partial charge in [0.25, 0.3) is 5.91 Å². The summed E-state index contributed by atoms with van der Waals surface area (Å²) in [4.78, 5) is 14.6. The molecular weight excluding hydrogens is 404 g/mol. The number of carbonyl (C=O) groups is 1. The molecule has 144 valence electrons. The smallest absolute Gasteiger partial charge is 0.262 e. The number of nitrogens with one attached hydrogen (secondary N) is 1. The molecule has 1 heterocycles. The minimum absolute atomic E-state index is 0.0143. The van der Waals surface area contributed by atoms with Crippen LogP contribution in [0.25, 0.3) is 0 Å². The van der Waals surface area contributed by atoms with Crippen LogP contribution in [-0.4, -0.2) is 25.6 Å². The second-order valence-corrected chi connectivity index (χ2v) is 7.80. The SMILES string of the molecule is CCCc1ccc(OCC(=O)Nc2ccc(N3CCCCC3)cc2)c(Br)c1. The van der Waals surface area contributed by atoms with Crippen LogP contribution in [0.15, 0.2) is 46.9 Å². The third kappa shape index (κ3) is 5.73. The lowest BCUT2D eigenvalue weighted by molar-refractivity contribution is -0.118. The number of hydrogen-bond donors (Lipinski definition) is 1. The lowest BCUT2D eigenvalue weighted by atomic mass is 10.1. The summed E-state index contributed by atoms with van der Waals surface area (Å²) in [6, 6.07) is 14.1. The van der Waals surface area contributed by atoms with E-state index in [1.807, 2.05) is 24.3 Å². The zero-order chi connectivity index (χ0) is 19.1. The summed E-state index contributed by atoms with van der Waals surface area (Å²) in [5.74, 6) is 0.524. The van der Waals surface area contributed by atoms with Crippen molar-refractivity contribution in [3.05, 3.63) is 52.5 Å². The maximum atomic E-state index is 12.2. The Bertz CT molecular complexity index is 755. The molecule has 1 aliphatic heterocycles. The molecule has 1 saturated heterocycles. The maximum absolute atomic E-state index is 12.2. The fourth-order valence-corrected chi connectivity index (χ4v) is 3.89. The first-order chi connectivity index (χ1) is 13.2. The predicted octanol–water partition coefficient (Wildman–Crippen LogP) is 5.41. The van der Waals surface area contributed by atoms with Crippen LogP contribution in [0.3, 0.4) is 0 Å². The summed E-state index contributed by atoms with van der Waals surface area (Å²) >= 11 is 3.52. The van der Waals surface area contributed by atoms with Gasteiger partial charge in [0.15, 0.2) is 6.61 Å². The Morgan fingerprint density at radius 1 is 1.11 bits per heavy atom. The number of aryl methyl sites for hydroxylation is 1. The Hall–Kier alpha value is -2.01. The van der Waals surface area contributed by atoms with Gasteiger partial charge in [-0.05, 0) is 83.6 Å². The Balaban J connectivity index is 1.50. The molecule has 0 radical (unpaired) electrons. The number of amides is 1. The monoisotopic (exact) mass is 430 g/mol. The lowest BCUT2D eigenvalue weighted by Gasteiger charge is -2.28.